The monoisotopic (exact) mass is 386 g/mol. The predicted molar refractivity (Wildman–Crippen MR) is 63.1 cm³/mol. The van der Waals surface area contributed by atoms with Gasteiger partial charge in [0, 0.05) is 56.3 Å². The van der Waals surface area contributed by atoms with Crippen LogP contribution in [0.3, 0.4) is 0 Å². The Morgan fingerprint density at radius 3 is 1.25 bits per heavy atom. The molecule has 0 radical (unpaired) electrons. The third-order valence-corrected chi connectivity index (χ3v) is 2.58. The van der Waals surface area contributed by atoms with Crippen molar-refractivity contribution >= 4 is 52.8 Å². The standard InChI is InChI=1S/C8H4I2O2/c9-7(11)5-1-2-6(4-3-5)8(10)12/h1-4H. The van der Waals surface area contributed by atoms with Crippen LogP contribution in [0.15, 0.2) is 24.3 Å². The van der Waals surface area contributed by atoms with Gasteiger partial charge in [0.15, 0.2) is 0 Å². The van der Waals surface area contributed by atoms with E-state index in [2.05, 4.69) is 0 Å². The van der Waals surface area contributed by atoms with Gasteiger partial charge < -0.3 is 0 Å². The molecule has 0 aliphatic heterocycles. The molecular weight excluding hydrogens is 382 g/mol. The van der Waals surface area contributed by atoms with Crippen molar-refractivity contribution in [3.63, 3.8) is 0 Å². The van der Waals surface area contributed by atoms with Crippen LogP contribution in [0.25, 0.3) is 0 Å². The molecule has 1 aromatic rings. The third kappa shape index (κ3) is 2.51. The number of rotatable bonds is 2. The van der Waals surface area contributed by atoms with Crippen molar-refractivity contribution in [1.82, 2.24) is 0 Å². The molecule has 0 heterocycles. The normalized spacial score (nSPS) is 9.50. The fraction of sp³-hybridized carbons (Fsp3) is 0. The molecule has 0 saturated carbocycles. The van der Waals surface area contributed by atoms with Crippen molar-refractivity contribution in [2.45, 2.75) is 0 Å². The average molecular weight is 386 g/mol. The zero-order chi connectivity index (χ0) is 9.14. The SMILES string of the molecule is O=C(I)c1ccc(C(=O)I)cc1. The highest BCUT2D eigenvalue weighted by Gasteiger charge is 2.03. The minimum atomic E-state index is -0.0138. The largest absolute Gasteiger partial charge is 0.282 e. The number of carbonyl (C=O) groups excluding carboxylic acids is 2. The minimum absolute atomic E-state index is 0.0138. The summed E-state index contributed by atoms with van der Waals surface area (Å²) in [5.41, 5.74) is 1.24. The number of benzene rings is 1. The van der Waals surface area contributed by atoms with Gasteiger partial charge in [-0.3, -0.25) is 9.59 Å². The van der Waals surface area contributed by atoms with Gasteiger partial charge in [0.25, 0.3) is 0 Å². The summed E-state index contributed by atoms with van der Waals surface area (Å²) in [4.78, 5) is 21.7. The summed E-state index contributed by atoms with van der Waals surface area (Å²) < 4.78 is -0.0277. The van der Waals surface area contributed by atoms with Gasteiger partial charge in [-0.15, -0.1) is 0 Å². The molecule has 0 atom stereocenters. The van der Waals surface area contributed by atoms with Crippen LogP contribution in [0.5, 0.6) is 0 Å². The van der Waals surface area contributed by atoms with Gasteiger partial charge >= 0.3 is 0 Å². The Labute approximate surface area is 97.0 Å². The molecule has 0 bridgehead atoms. The lowest BCUT2D eigenvalue weighted by Gasteiger charge is -1.94. The second-order valence-electron chi connectivity index (χ2n) is 2.12. The Balaban J connectivity index is 3.01. The Morgan fingerprint density at radius 2 is 1.08 bits per heavy atom. The van der Waals surface area contributed by atoms with Gasteiger partial charge in [-0.2, -0.15) is 0 Å². The smallest absolute Gasteiger partial charge is 0.222 e. The van der Waals surface area contributed by atoms with E-state index in [1.165, 1.54) is 0 Å². The average Bonchev–Trinajstić information content (AvgIpc) is 2.04. The predicted octanol–water partition coefficient (Wildman–Crippen LogP) is 2.84. The Morgan fingerprint density at radius 1 is 0.833 bits per heavy atom. The first-order valence-electron chi connectivity index (χ1n) is 3.11. The summed E-state index contributed by atoms with van der Waals surface area (Å²) in [6, 6.07) is 6.61. The van der Waals surface area contributed by atoms with Crippen molar-refractivity contribution in [1.29, 1.82) is 0 Å². The zero-order valence-electron chi connectivity index (χ0n) is 5.88. The van der Waals surface area contributed by atoms with E-state index in [-0.39, 0.29) is 7.58 Å². The molecular formula is C8H4I2O2. The highest BCUT2D eigenvalue weighted by molar-refractivity contribution is 14.1. The van der Waals surface area contributed by atoms with E-state index in [1.54, 1.807) is 69.4 Å². The molecule has 62 valence electrons. The molecule has 2 nitrogen and oxygen atoms in total. The fourth-order valence-electron chi connectivity index (χ4n) is 0.732. The van der Waals surface area contributed by atoms with Crippen molar-refractivity contribution in [3.05, 3.63) is 35.4 Å². The van der Waals surface area contributed by atoms with Gasteiger partial charge in [0.2, 0.25) is 7.58 Å². The van der Waals surface area contributed by atoms with Gasteiger partial charge in [0.05, 0.1) is 0 Å². The lowest BCUT2D eigenvalue weighted by molar-refractivity contribution is 0.109. The summed E-state index contributed by atoms with van der Waals surface area (Å²) >= 11 is 3.42. The number of halogens is 2. The van der Waals surface area contributed by atoms with Crippen molar-refractivity contribution < 1.29 is 9.59 Å². The van der Waals surface area contributed by atoms with E-state index in [1.807, 2.05) is 0 Å². The quantitative estimate of drug-likeness (QED) is 0.579. The van der Waals surface area contributed by atoms with Gasteiger partial charge in [0.1, 0.15) is 0 Å². The van der Waals surface area contributed by atoms with E-state index in [0.717, 1.165) is 0 Å². The minimum Gasteiger partial charge on any atom is -0.282 e. The van der Waals surface area contributed by atoms with Crippen LogP contribution in [-0.2, 0) is 0 Å². The van der Waals surface area contributed by atoms with E-state index < -0.39 is 0 Å². The van der Waals surface area contributed by atoms with E-state index >= 15 is 0 Å². The molecule has 0 unspecified atom stereocenters. The maximum Gasteiger partial charge on any atom is 0.222 e. The topological polar surface area (TPSA) is 34.1 Å². The van der Waals surface area contributed by atoms with E-state index in [4.69, 9.17) is 0 Å². The highest BCUT2D eigenvalue weighted by Crippen LogP contribution is 2.10. The Hall–Kier alpha value is 0.0200. The summed E-state index contributed by atoms with van der Waals surface area (Å²) in [6.45, 7) is 0. The summed E-state index contributed by atoms with van der Waals surface area (Å²) in [6.07, 6.45) is 0. The summed E-state index contributed by atoms with van der Waals surface area (Å²) in [5, 5.41) is 0. The summed E-state index contributed by atoms with van der Waals surface area (Å²) in [7, 11) is 0. The molecule has 0 aliphatic carbocycles. The molecule has 0 amide bonds. The maximum atomic E-state index is 10.8. The molecule has 0 fully saturated rings. The van der Waals surface area contributed by atoms with Crippen LogP contribution in [0.4, 0.5) is 0 Å². The van der Waals surface area contributed by atoms with Crippen LogP contribution in [-0.4, -0.2) is 7.58 Å². The Bertz CT molecular complexity index is 283. The maximum absolute atomic E-state index is 10.8. The molecule has 1 aromatic carbocycles. The first kappa shape index (κ1) is 10.1. The highest BCUT2D eigenvalue weighted by atomic mass is 127. The lowest BCUT2D eigenvalue weighted by atomic mass is 10.2. The van der Waals surface area contributed by atoms with Gasteiger partial charge in [-0.1, -0.05) is 0 Å². The molecule has 0 N–H and O–H groups in total. The number of hydrogen-bond acceptors (Lipinski definition) is 2. The van der Waals surface area contributed by atoms with Crippen LogP contribution in [0.1, 0.15) is 20.7 Å². The first-order chi connectivity index (χ1) is 5.61. The fourth-order valence-corrected chi connectivity index (χ4v) is 1.45. The molecule has 0 aromatic heterocycles. The number of carbonyl (C=O) groups is 2. The molecule has 1 rings (SSSR count). The molecule has 4 heteroatoms. The second-order valence-corrected chi connectivity index (χ2v) is 4.08. The first-order valence-corrected chi connectivity index (χ1v) is 5.27. The third-order valence-electron chi connectivity index (χ3n) is 1.34. The van der Waals surface area contributed by atoms with Crippen molar-refractivity contribution in [2.24, 2.45) is 0 Å². The molecule has 0 saturated heterocycles. The van der Waals surface area contributed by atoms with Gasteiger partial charge in [-0.25, -0.2) is 0 Å². The van der Waals surface area contributed by atoms with Crippen LogP contribution < -0.4 is 0 Å². The van der Waals surface area contributed by atoms with Crippen molar-refractivity contribution in [2.75, 3.05) is 0 Å². The molecule has 0 spiro atoms. The van der Waals surface area contributed by atoms with Crippen LogP contribution in [0, 0.1) is 0 Å². The van der Waals surface area contributed by atoms with Crippen molar-refractivity contribution in [3.8, 4) is 0 Å². The van der Waals surface area contributed by atoms with E-state index in [9.17, 15) is 9.59 Å². The molecule has 12 heavy (non-hydrogen) atoms. The van der Waals surface area contributed by atoms with Crippen LogP contribution in [0.2, 0.25) is 0 Å². The Kier molecular flexibility index (Phi) is 3.63. The molecule has 0 aliphatic rings. The van der Waals surface area contributed by atoms with E-state index in [0.29, 0.717) is 11.1 Å². The summed E-state index contributed by atoms with van der Waals surface area (Å²) in [5.74, 6) is 0. The second kappa shape index (κ2) is 4.31. The number of hydrogen-bond donors (Lipinski definition) is 0. The van der Waals surface area contributed by atoms with Gasteiger partial charge in [-0.05, 0) is 24.3 Å². The lowest BCUT2D eigenvalue weighted by Crippen LogP contribution is -1.91. The zero-order valence-corrected chi connectivity index (χ0v) is 10.2. The van der Waals surface area contributed by atoms with Crippen LogP contribution >= 0.6 is 45.2 Å².